The first-order chi connectivity index (χ1) is 13.6. The standard InChI is InChI=1S/C23H34O5/c24-21-15-22-20(13-12-17(16-28-22)7-6-11-23(25)26)19(21)10-4-5-14-27-18-8-2-1-3-9-18/h1-3,8-9,17,19-22,24H,4-7,10-16H2,(H,25,26)/t17-,19+,20+,21+,22-/m0/s1. The first kappa shape index (κ1) is 21.1. The van der Waals surface area contributed by atoms with E-state index in [0.717, 1.165) is 57.1 Å². The molecule has 1 aromatic carbocycles. The minimum atomic E-state index is -0.717. The molecule has 1 saturated heterocycles. The van der Waals surface area contributed by atoms with Crippen LogP contribution in [-0.2, 0) is 9.53 Å². The van der Waals surface area contributed by atoms with Gasteiger partial charge in [-0.15, -0.1) is 0 Å². The van der Waals surface area contributed by atoms with Crippen molar-refractivity contribution in [3.05, 3.63) is 30.3 Å². The molecule has 0 unspecified atom stereocenters. The number of para-hydroxylation sites is 1. The maximum absolute atomic E-state index is 10.7. The summed E-state index contributed by atoms with van der Waals surface area (Å²) in [6.07, 6.45) is 7.81. The minimum Gasteiger partial charge on any atom is -0.494 e. The predicted octanol–water partition coefficient (Wildman–Crippen LogP) is 4.28. The molecule has 156 valence electrons. The van der Waals surface area contributed by atoms with Crippen LogP contribution in [0.15, 0.2) is 30.3 Å². The fourth-order valence-corrected chi connectivity index (χ4v) is 4.88. The highest BCUT2D eigenvalue weighted by atomic mass is 16.5. The Balaban J connectivity index is 1.38. The Labute approximate surface area is 168 Å². The molecular weight excluding hydrogens is 356 g/mol. The number of carbonyl (C=O) groups is 1. The third-order valence-corrected chi connectivity index (χ3v) is 6.40. The van der Waals surface area contributed by atoms with Crippen molar-refractivity contribution in [2.75, 3.05) is 13.2 Å². The molecule has 0 radical (unpaired) electrons. The summed E-state index contributed by atoms with van der Waals surface area (Å²) in [7, 11) is 0. The van der Waals surface area contributed by atoms with Crippen molar-refractivity contribution in [3.8, 4) is 5.75 Å². The quantitative estimate of drug-likeness (QED) is 0.583. The average molecular weight is 391 g/mol. The molecule has 28 heavy (non-hydrogen) atoms. The summed E-state index contributed by atoms with van der Waals surface area (Å²) in [6.45, 7) is 1.42. The van der Waals surface area contributed by atoms with Crippen LogP contribution in [-0.4, -0.2) is 41.6 Å². The highest BCUT2D eigenvalue weighted by Gasteiger charge is 2.43. The second kappa shape index (κ2) is 10.8. The van der Waals surface area contributed by atoms with Crippen molar-refractivity contribution in [3.63, 3.8) is 0 Å². The first-order valence-corrected chi connectivity index (χ1v) is 10.8. The van der Waals surface area contributed by atoms with Crippen molar-refractivity contribution in [2.24, 2.45) is 17.8 Å². The van der Waals surface area contributed by atoms with Gasteiger partial charge in [0.2, 0.25) is 0 Å². The van der Waals surface area contributed by atoms with Crippen molar-refractivity contribution in [2.45, 2.75) is 70.0 Å². The van der Waals surface area contributed by atoms with Crippen LogP contribution in [0.25, 0.3) is 0 Å². The van der Waals surface area contributed by atoms with Crippen LogP contribution < -0.4 is 4.74 Å². The number of ether oxygens (including phenoxy) is 2. The normalized spacial score (nSPS) is 29.8. The second-order valence-corrected chi connectivity index (χ2v) is 8.39. The molecule has 1 aliphatic carbocycles. The van der Waals surface area contributed by atoms with E-state index in [-0.39, 0.29) is 18.6 Å². The van der Waals surface area contributed by atoms with Gasteiger partial charge < -0.3 is 19.7 Å². The molecule has 0 spiro atoms. The Bertz CT molecular complexity index is 590. The van der Waals surface area contributed by atoms with Crippen molar-refractivity contribution in [1.29, 1.82) is 0 Å². The molecule has 0 aromatic heterocycles. The SMILES string of the molecule is O=C(O)CCC[C@H]1CC[C@@H]2[C@@H](CCCCOc3ccccc3)[C@H](O)C[C@@H]2OC1. The number of aliphatic carboxylic acids is 1. The van der Waals surface area contributed by atoms with Crippen LogP contribution in [0.5, 0.6) is 5.75 Å². The number of benzene rings is 1. The van der Waals surface area contributed by atoms with Crippen LogP contribution in [0.3, 0.4) is 0 Å². The van der Waals surface area contributed by atoms with Crippen LogP contribution in [0.2, 0.25) is 0 Å². The molecule has 1 saturated carbocycles. The fraction of sp³-hybridized carbons (Fsp3) is 0.696. The molecule has 5 heteroatoms. The van der Waals surface area contributed by atoms with Gasteiger partial charge in [-0.2, -0.15) is 0 Å². The Morgan fingerprint density at radius 2 is 1.93 bits per heavy atom. The van der Waals surface area contributed by atoms with E-state index in [0.29, 0.717) is 31.0 Å². The molecule has 5 atom stereocenters. The van der Waals surface area contributed by atoms with Gasteiger partial charge in [0.1, 0.15) is 5.75 Å². The van der Waals surface area contributed by atoms with Gasteiger partial charge >= 0.3 is 5.97 Å². The number of hydrogen-bond acceptors (Lipinski definition) is 4. The maximum atomic E-state index is 10.7. The van der Waals surface area contributed by atoms with Crippen molar-refractivity contribution in [1.82, 2.24) is 0 Å². The lowest BCUT2D eigenvalue weighted by atomic mass is 9.84. The van der Waals surface area contributed by atoms with E-state index < -0.39 is 5.97 Å². The highest BCUT2D eigenvalue weighted by molar-refractivity contribution is 5.66. The molecule has 1 heterocycles. The zero-order valence-corrected chi connectivity index (χ0v) is 16.7. The summed E-state index contributed by atoms with van der Waals surface area (Å²) in [5.41, 5.74) is 0. The van der Waals surface area contributed by atoms with Gasteiger partial charge in [-0.25, -0.2) is 0 Å². The molecule has 2 N–H and O–H groups in total. The maximum Gasteiger partial charge on any atom is 0.303 e. The lowest BCUT2D eigenvalue weighted by Gasteiger charge is -2.23. The third-order valence-electron chi connectivity index (χ3n) is 6.40. The van der Waals surface area contributed by atoms with Gasteiger partial charge in [-0.05, 0) is 74.8 Å². The zero-order valence-electron chi connectivity index (χ0n) is 16.7. The lowest BCUT2D eigenvalue weighted by molar-refractivity contribution is -0.137. The lowest BCUT2D eigenvalue weighted by Crippen LogP contribution is -2.22. The van der Waals surface area contributed by atoms with E-state index in [4.69, 9.17) is 14.6 Å². The highest BCUT2D eigenvalue weighted by Crippen LogP contribution is 2.43. The van der Waals surface area contributed by atoms with E-state index in [9.17, 15) is 9.90 Å². The van der Waals surface area contributed by atoms with Crippen molar-refractivity contribution >= 4 is 5.97 Å². The number of carboxylic acids is 1. The Kier molecular flexibility index (Phi) is 8.16. The van der Waals surface area contributed by atoms with E-state index in [1.807, 2.05) is 30.3 Å². The number of carboxylic acid groups (broad SMARTS) is 1. The molecule has 2 fully saturated rings. The van der Waals surface area contributed by atoms with Crippen LogP contribution in [0.4, 0.5) is 0 Å². The second-order valence-electron chi connectivity index (χ2n) is 8.39. The molecule has 0 bridgehead atoms. The number of unbranched alkanes of at least 4 members (excludes halogenated alkanes) is 1. The zero-order chi connectivity index (χ0) is 19.8. The van der Waals surface area contributed by atoms with E-state index in [2.05, 4.69) is 0 Å². The number of rotatable bonds is 10. The number of aliphatic hydroxyl groups is 1. The monoisotopic (exact) mass is 390 g/mol. The molecule has 0 amide bonds. The number of hydrogen-bond donors (Lipinski definition) is 2. The van der Waals surface area contributed by atoms with Gasteiger partial charge in [0.15, 0.2) is 0 Å². The van der Waals surface area contributed by atoms with Crippen LogP contribution >= 0.6 is 0 Å². The van der Waals surface area contributed by atoms with Gasteiger partial charge in [0, 0.05) is 19.4 Å². The fourth-order valence-electron chi connectivity index (χ4n) is 4.88. The van der Waals surface area contributed by atoms with Gasteiger partial charge in [-0.3, -0.25) is 4.79 Å². The van der Waals surface area contributed by atoms with E-state index >= 15 is 0 Å². The minimum absolute atomic E-state index is 0.171. The summed E-state index contributed by atoms with van der Waals surface area (Å²) >= 11 is 0. The first-order valence-electron chi connectivity index (χ1n) is 10.8. The Hall–Kier alpha value is -1.59. The molecule has 1 aliphatic heterocycles. The summed E-state index contributed by atoms with van der Waals surface area (Å²) in [4.78, 5) is 10.7. The molecular formula is C23H34O5. The summed E-state index contributed by atoms with van der Waals surface area (Å²) in [5, 5.41) is 19.3. The Morgan fingerprint density at radius 3 is 2.71 bits per heavy atom. The molecule has 1 aromatic rings. The summed E-state index contributed by atoms with van der Waals surface area (Å²) in [6, 6.07) is 9.88. The topological polar surface area (TPSA) is 76.0 Å². The molecule has 3 rings (SSSR count). The largest absolute Gasteiger partial charge is 0.494 e. The van der Waals surface area contributed by atoms with Crippen LogP contribution in [0.1, 0.15) is 57.8 Å². The molecule has 2 aliphatic rings. The number of fused-ring (bicyclic) bond motifs is 1. The van der Waals surface area contributed by atoms with Crippen LogP contribution in [0, 0.1) is 17.8 Å². The van der Waals surface area contributed by atoms with E-state index in [1.165, 1.54) is 0 Å². The number of aliphatic hydroxyl groups excluding tert-OH is 1. The smallest absolute Gasteiger partial charge is 0.303 e. The van der Waals surface area contributed by atoms with Crippen molar-refractivity contribution < 1.29 is 24.5 Å². The van der Waals surface area contributed by atoms with Gasteiger partial charge in [-0.1, -0.05) is 18.2 Å². The summed E-state index contributed by atoms with van der Waals surface area (Å²) < 4.78 is 11.9. The van der Waals surface area contributed by atoms with Gasteiger partial charge in [0.05, 0.1) is 18.8 Å². The van der Waals surface area contributed by atoms with E-state index in [1.54, 1.807) is 0 Å². The van der Waals surface area contributed by atoms with Gasteiger partial charge in [0.25, 0.3) is 0 Å². The Morgan fingerprint density at radius 1 is 1.11 bits per heavy atom. The predicted molar refractivity (Wildman–Crippen MR) is 107 cm³/mol. The third kappa shape index (κ3) is 6.21. The average Bonchev–Trinajstić information content (AvgIpc) is 2.84. The molecule has 5 nitrogen and oxygen atoms in total. The summed E-state index contributed by atoms with van der Waals surface area (Å²) in [5.74, 6) is 1.41.